The van der Waals surface area contributed by atoms with Crippen LogP contribution in [0.25, 0.3) is 10.8 Å². The number of hydrogen-bond acceptors (Lipinski definition) is 11. The quantitative estimate of drug-likeness (QED) is 0.230. The summed E-state index contributed by atoms with van der Waals surface area (Å²) in [6.07, 6.45) is 0. The topological polar surface area (TPSA) is 214 Å². The third-order valence-corrected chi connectivity index (χ3v) is 7.33. The molecule has 176 valence electrons. The minimum absolute atomic E-state index is 0. The van der Waals surface area contributed by atoms with Crippen LogP contribution < -0.4 is 0 Å². The van der Waals surface area contributed by atoms with Crippen LogP contribution in [-0.4, -0.2) is 92.9 Å². The molecule has 3 aromatic carbocycles. The van der Waals surface area contributed by atoms with Crippen molar-refractivity contribution in [2.45, 2.75) is 21.6 Å². The van der Waals surface area contributed by atoms with E-state index in [0.717, 1.165) is 30.3 Å². The van der Waals surface area contributed by atoms with Crippen LogP contribution >= 0.6 is 11.6 Å². The Balaban J connectivity index is 0.00000408. The fourth-order valence-corrected chi connectivity index (χ4v) is 4.77. The summed E-state index contributed by atoms with van der Waals surface area (Å²) in [5.74, 6) is -1.16. The first-order valence-corrected chi connectivity index (χ1v) is 13.0. The average molecular weight is 672 g/mol. The molecular formula is C17H11BaClN2O10S3. The Morgan fingerprint density at radius 3 is 2.03 bits per heavy atom. The first kappa shape index (κ1) is 29.1. The maximum Gasteiger partial charge on any atom is 2.00 e. The molecule has 0 saturated heterocycles. The van der Waals surface area contributed by atoms with Gasteiger partial charge in [0.1, 0.15) is 36.5 Å². The van der Waals surface area contributed by atoms with Crippen molar-refractivity contribution in [1.29, 1.82) is 0 Å². The molecule has 17 heteroatoms. The number of fused-ring (bicyclic) bond motifs is 1. The molecule has 0 spiro atoms. The summed E-state index contributed by atoms with van der Waals surface area (Å²) in [4.78, 5) is -2.65. The second-order valence-corrected chi connectivity index (χ2v) is 11.1. The molecule has 0 aromatic heterocycles. The van der Waals surface area contributed by atoms with Crippen molar-refractivity contribution in [1.82, 2.24) is 0 Å². The molecule has 0 atom stereocenters. The number of azo groups is 1. The first-order chi connectivity index (χ1) is 15.0. The van der Waals surface area contributed by atoms with E-state index in [1.807, 2.05) is 0 Å². The van der Waals surface area contributed by atoms with Crippen molar-refractivity contribution >= 4 is 113 Å². The number of aryl methyl sites for hydroxylation is 1. The van der Waals surface area contributed by atoms with E-state index < -0.39 is 62.2 Å². The maximum absolute atomic E-state index is 11.7. The molecular weight excluding hydrogens is 661 g/mol. The molecule has 0 radical (unpaired) electrons. The standard InChI is InChI=1S/C17H13ClN2O10S3.Ba/c1-8-4-14(32(25,26)27)13(7-12(8)18)19-20-16-11-3-2-10(31(22,23)24)5-9(11)6-15(17(16)21)33(28,29)30;/h2-7,21H,1H3,(H,22,23,24)(H,25,26,27)(H,28,29,30);/q;+2/p-2. The second-order valence-electron chi connectivity index (χ2n) is 6.61. The van der Waals surface area contributed by atoms with Crippen LogP contribution in [0, 0.1) is 6.92 Å². The minimum Gasteiger partial charge on any atom is -0.744 e. The van der Waals surface area contributed by atoms with Gasteiger partial charge < -0.3 is 14.2 Å². The second kappa shape index (κ2) is 10.1. The van der Waals surface area contributed by atoms with E-state index in [4.69, 9.17) is 11.6 Å². The fourth-order valence-electron chi connectivity index (χ4n) is 2.81. The van der Waals surface area contributed by atoms with Gasteiger partial charge in [-0.05, 0) is 48.2 Å². The van der Waals surface area contributed by atoms with Gasteiger partial charge in [-0.25, -0.2) is 16.8 Å². The molecule has 0 bridgehead atoms. The van der Waals surface area contributed by atoms with E-state index in [-0.39, 0.29) is 70.2 Å². The SMILES string of the molecule is Cc1cc(S(=O)(=O)O)c(N=Nc2c(O)c(S(=O)(=O)[O-])cc3cc(S(=O)(=O)[O-])ccc23)cc1Cl.[Ba+2]. The summed E-state index contributed by atoms with van der Waals surface area (Å²) < 4.78 is 101. The number of phenolic OH excluding ortho intramolecular Hbond substituents is 1. The van der Waals surface area contributed by atoms with E-state index in [2.05, 4.69) is 10.2 Å². The molecule has 12 nitrogen and oxygen atoms in total. The fraction of sp³-hybridized carbons (Fsp3) is 0.0588. The summed E-state index contributed by atoms with van der Waals surface area (Å²) in [6, 6.07) is 5.28. The smallest absolute Gasteiger partial charge is 0.744 e. The van der Waals surface area contributed by atoms with E-state index in [0.29, 0.717) is 6.07 Å². The Labute approximate surface area is 239 Å². The van der Waals surface area contributed by atoms with Crippen molar-refractivity contribution < 1.29 is 44.0 Å². The van der Waals surface area contributed by atoms with Gasteiger partial charge >= 0.3 is 48.9 Å². The monoisotopic (exact) mass is 672 g/mol. The molecule has 0 aliphatic carbocycles. The summed E-state index contributed by atoms with van der Waals surface area (Å²) in [6.45, 7) is 1.45. The van der Waals surface area contributed by atoms with Crippen LogP contribution in [0.5, 0.6) is 5.75 Å². The normalized spacial score (nSPS) is 12.7. The molecule has 0 fully saturated rings. The summed E-state index contributed by atoms with van der Waals surface area (Å²) in [7, 11) is -15.1. The molecule has 0 heterocycles. The molecule has 2 N–H and O–H groups in total. The van der Waals surface area contributed by atoms with Crippen LogP contribution in [0.4, 0.5) is 11.4 Å². The number of phenols is 1. The van der Waals surface area contributed by atoms with E-state index in [1.54, 1.807) is 0 Å². The number of aromatic hydroxyl groups is 1. The summed E-state index contributed by atoms with van der Waals surface area (Å²) >= 11 is 5.95. The van der Waals surface area contributed by atoms with E-state index >= 15 is 0 Å². The molecule has 0 unspecified atom stereocenters. The first-order valence-electron chi connectivity index (χ1n) is 8.41. The Hall–Kier alpha value is -1.09. The van der Waals surface area contributed by atoms with Gasteiger partial charge in [0.2, 0.25) is 0 Å². The van der Waals surface area contributed by atoms with Crippen LogP contribution in [0.15, 0.2) is 61.3 Å². The Morgan fingerprint density at radius 2 is 1.50 bits per heavy atom. The summed E-state index contributed by atoms with van der Waals surface area (Å²) in [5.41, 5.74) is -0.883. The average Bonchev–Trinajstić information content (AvgIpc) is 2.66. The Kier molecular flexibility index (Phi) is 8.67. The summed E-state index contributed by atoms with van der Waals surface area (Å²) in [5, 5.41) is 17.2. The predicted octanol–water partition coefficient (Wildman–Crippen LogP) is 2.60. The number of halogens is 1. The van der Waals surface area contributed by atoms with Crippen LogP contribution in [0.2, 0.25) is 5.02 Å². The van der Waals surface area contributed by atoms with Gasteiger partial charge in [-0.3, -0.25) is 4.55 Å². The van der Waals surface area contributed by atoms with Gasteiger partial charge in [-0.15, -0.1) is 10.2 Å². The Morgan fingerprint density at radius 1 is 0.882 bits per heavy atom. The van der Waals surface area contributed by atoms with Crippen LogP contribution in [0.3, 0.4) is 0 Å². The van der Waals surface area contributed by atoms with Crippen molar-refractivity contribution in [3.8, 4) is 5.75 Å². The van der Waals surface area contributed by atoms with Crippen molar-refractivity contribution in [3.05, 3.63) is 47.0 Å². The van der Waals surface area contributed by atoms with Gasteiger partial charge in [0.05, 0.1) is 9.79 Å². The number of benzene rings is 3. The largest absolute Gasteiger partial charge is 2.00 e. The zero-order valence-electron chi connectivity index (χ0n) is 16.8. The van der Waals surface area contributed by atoms with E-state index in [1.165, 1.54) is 6.92 Å². The molecule has 0 saturated carbocycles. The third kappa shape index (κ3) is 6.18. The van der Waals surface area contributed by atoms with E-state index in [9.17, 15) is 44.0 Å². The molecule has 3 aromatic rings. The number of nitrogens with zero attached hydrogens (tertiary/aromatic N) is 2. The Bertz CT molecular complexity index is 1670. The van der Waals surface area contributed by atoms with Gasteiger partial charge in [-0.2, -0.15) is 8.42 Å². The van der Waals surface area contributed by atoms with Gasteiger partial charge in [0.25, 0.3) is 10.1 Å². The molecule has 0 aliphatic rings. The van der Waals surface area contributed by atoms with Gasteiger partial charge in [-0.1, -0.05) is 17.7 Å². The molecule has 3 rings (SSSR count). The number of hydrogen-bond donors (Lipinski definition) is 2. The van der Waals surface area contributed by atoms with Crippen molar-refractivity contribution in [2.24, 2.45) is 10.2 Å². The number of rotatable bonds is 5. The van der Waals surface area contributed by atoms with Crippen LogP contribution in [-0.2, 0) is 30.4 Å². The molecule has 34 heavy (non-hydrogen) atoms. The zero-order chi connectivity index (χ0) is 24.9. The molecule has 0 aliphatic heterocycles. The van der Waals surface area contributed by atoms with Gasteiger partial charge in [0.15, 0.2) is 5.75 Å². The van der Waals surface area contributed by atoms with Crippen molar-refractivity contribution in [3.63, 3.8) is 0 Å². The third-order valence-electron chi connectivity index (χ3n) is 4.36. The van der Waals surface area contributed by atoms with Crippen molar-refractivity contribution in [2.75, 3.05) is 0 Å². The maximum atomic E-state index is 11.7. The molecule has 0 amide bonds. The minimum atomic E-state index is -5.31. The zero-order valence-corrected chi connectivity index (χ0v) is 24.5. The van der Waals surface area contributed by atoms with Gasteiger partial charge in [0, 0.05) is 10.4 Å². The predicted molar refractivity (Wildman–Crippen MR) is 117 cm³/mol. The van der Waals surface area contributed by atoms with Crippen LogP contribution in [0.1, 0.15) is 5.56 Å².